The molecule has 1 fully saturated rings. The Morgan fingerprint density at radius 2 is 1.31 bits per heavy atom. The molecule has 1 unspecified atom stereocenters. The van der Waals surface area contributed by atoms with Crippen molar-refractivity contribution in [2.45, 2.75) is 206 Å². The number of unbranched alkanes of at least 4 members (excludes halogenated alkanes) is 19. The molecule has 1 saturated carbocycles. The smallest absolute Gasteiger partial charge is 0.306 e. The largest absolute Gasteiger partial charge is 0.756 e. The molecule has 1 rings (SSSR count). The molecule has 0 saturated heterocycles. The number of hydrogen-bond acceptors (Lipinski definition) is 11. The lowest BCUT2D eigenvalue weighted by Gasteiger charge is -2.28. The van der Waals surface area contributed by atoms with E-state index in [0.717, 1.165) is 38.5 Å². The number of aliphatic hydroxyl groups excluding tert-OH is 2. The molecule has 0 aromatic rings. The number of aliphatic hydroxyl groups is 2. The Balaban J connectivity index is 2.45. The minimum atomic E-state index is -4.69. The predicted molar refractivity (Wildman–Crippen MR) is 242 cm³/mol. The average molecular weight is 886 g/mol. The van der Waals surface area contributed by atoms with Crippen LogP contribution >= 0.6 is 7.82 Å². The van der Waals surface area contributed by atoms with Gasteiger partial charge in [0, 0.05) is 31.1 Å². The quantitative estimate of drug-likeness (QED) is 0.0198. The minimum Gasteiger partial charge on any atom is -0.756 e. The molecule has 0 aromatic heterocycles. The fraction of sp³-hybridized carbons (Fsp3) is 0.854. The summed E-state index contributed by atoms with van der Waals surface area (Å²) >= 11 is 0. The standard InChI is InChI=1S/C48H88NO11P/c1-6-8-10-11-12-13-14-15-16-17-18-19-20-21-22-23-29-33-48(54)60-42(40-59-61(55,56)58-37-36-49(3,4)5)39-57-47(53)32-28-25-24-27-31-43-44(46(52)38-45(43)51)35-34-41(50)30-26-9-7-2/h24,27,34-35,41-44,46,50,52H,6-23,25-26,28-33,36-40H2,1-5H3/b27-24-,35-34+/t41-,42+,43+,44+,46+/m0/s1. The fourth-order valence-electron chi connectivity index (χ4n) is 7.46. The molecule has 61 heavy (non-hydrogen) atoms. The topological polar surface area (TPSA) is 169 Å². The summed E-state index contributed by atoms with van der Waals surface area (Å²) in [7, 11) is 1.03. The van der Waals surface area contributed by atoms with E-state index in [2.05, 4.69) is 13.8 Å². The summed E-state index contributed by atoms with van der Waals surface area (Å²) in [5.41, 5.74) is 0. The van der Waals surface area contributed by atoms with Crippen molar-refractivity contribution >= 4 is 25.5 Å². The number of phosphoric ester groups is 1. The first kappa shape index (κ1) is 57.1. The zero-order valence-corrected chi connectivity index (χ0v) is 40.0. The summed E-state index contributed by atoms with van der Waals surface area (Å²) in [4.78, 5) is 50.4. The second-order valence-corrected chi connectivity index (χ2v) is 19.7. The lowest BCUT2D eigenvalue weighted by Crippen LogP contribution is -2.37. The van der Waals surface area contributed by atoms with Crippen LogP contribution < -0.4 is 4.89 Å². The van der Waals surface area contributed by atoms with Crippen LogP contribution in [0, 0.1) is 11.8 Å². The van der Waals surface area contributed by atoms with Gasteiger partial charge in [0.2, 0.25) is 0 Å². The Bertz CT molecular complexity index is 1250. The van der Waals surface area contributed by atoms with Crippen molar-refractivity contribution in [3.63, 3.8) is 0 Å². The number of quaternary nitrogens is 1. The number of Topliss-reactive ketones (excluding diaryl/α,β-unsaturated/α-hetero) is 1. The Hall–Kier alpha value is -1.92. The first-order valence-electron chi connectivity index (χ1n) is 24.1. The third kappa shape index (κ3) is 32.4. The number of likely N-dealkylation sites (N-methyl/N-ethyl adjacent to an activating group) is 1. The summed E-state index contributed by atoms with van der Waals surface area (Å²) in [6.45, 7) is 3.84. The molecule has 13 heteroatoms. The van der Waals surface area contributed by atoms with E-state index in [1.807, 2.05) is 33.3 Å². The number of hydrogen-bond donors (Lipinski definition) is 2. The number of ketones is 1. The van der Waals surface area contributed by atoms with Gasteiger partial charge in [-0.2, -0.15) is 0 Å². The highest BCUT2D eigenvalue weighted by atomic mass is 31.2. The van der Waals surface area contributed by atoms with E-state index in [0.29, 0.717) is 43.1 Å². The van der Waals surface area contributed by atoms with Crippen LogP contribution in [-0.4, -0.2) is 98.2 Å². The molecule has 1 aliphatic rings. The van der Waals surface area contributed by atoms with Gasteiger partial charge in [-0.1, -0.05) is 160 Å². The Morgan fingerprint density at radius 3 is 1.89 bits per heavy atom. The average Bonchev–Trinajstić information content (AvgIpc) is 3.47. The molecular weight excluding hydrogens is 797 g/mol. The summed E-state index contributed by atoms with van der Waals surface area (Å²) in [6.07, 6.45) is 31.4. The second-order valence-electron chi connectivity index (χ2n) is 18.3. The van der Waals surface area contributed by atoms with Crippen LogP contribution in [0.5, 0.6) is 0 Å². The van der Waals surface area contributed by atoms with E-state index in [-0.39, 0.29) is 50.1 Å². The number of nitrogens with zero attached hydrogens (tertiary/aromatic N) is 1. The molecule has 0 heterocycles. The van der Waals surface area contributed by atoms with E-state index >= 15 is 0 Å². The minimum absolute atomic E-state index is 0.000593. The van der Waals surface area contributed by atoms with Crippen LogP contribution in [0.2, 0.25) is 0 Å². The molecule has 6 atom stereocenters. The van der Waals surface area contributed by atoms with Crippen molar-refractivity contribution in [2.24, 2.45) is 11.8 Å². The molecule has 0 spiro atoms. The number of carbonyl (C=O) groups is 3. The maximum Gasteiger partial charge on any atom is 0.306 e. The first-order valence-corrected chi connectivity index (χ1v) is 25.6. The summed E-state index contributed by atoms with van der Waals surface area (Å²) in [6, 6.07) is 0. The van der Waals surface area contributed by atoms with Crippen LogP contribution in [0.3, 0.4) is 0 Å². The maximum absolute atomic E-state index is 12.8. The van der Waals surface area contributed by atoms with Gasteiger partial charge in [-0.05, 0) is 32.1 Å². The van der Waals surface area contributed by atoms with Gasteiger partial charge >= 0.3 is 11.9 Å². The van der Waals surface area contributed by atoms with Crippen molar-refractivity contribution in [3.8, 4) is 0 Å². The van der Waals surface area contributed by atoms with Crippen molar-refractivity contribution in [1.29, 1.82) is 0 Å². The highest BCUT2D eigenvalue weighted by molar-refractivity contribution is 7.45. The molecule has 0 aliphatic heterocycles. The predicted octanol–water partition coefficient (Wildman–Crippen LogP) is 9.87. The second kappa shape index (κ2) is 35.4. The van der Waals surface area contributed by atoms with Crippen molar-refractivity contribution in [3.05, 3.63) is 24.3 Å². The van der Waals surface area contributed by atoms with E-state index in [1.165, 1.54) is 83.5 Å². The first-order chi connectivity index (χ1) is 29.2. The van der Waals surface area contributed by atoms with Crippen LogP contribution in [0.4, 0.5) is 0 Å². The third-order valence-electron chi connectivity index (χ3n) is 11.3. The Morgan fingerprint density at radius 1 is 0.770 bits per heavy atom. The van der Waals surface area contributed by atoms with Gasteiger partial charge in [0.15, 0.2) is 6.10 Å². The van der Waals surface area contributed by atoms with Gasteiger partial charge in [0.1, 0.15) is 25.5 Å². The van der Waals surface area contributed by atoms with Crippen molar-refractivity contribution < 1.29 is 57.1 Å². The molecule has 1 aliphatic carbocycles. The van der Waals surface area contributed by atoms with Gasteiger partial charge in [-0.3, -0.25) is 18.9 Å². The normalized spacial score (nSPS) is 19.1. The SMILES string of the molecule is CCCCCCCCCCCCCCCCCCCC(=O)O[C@H](COC(=O)CCC/C=C\C[C@H]1C(=O)C[C@@H](O)[C@@H]1/C=C/[C@@H](O)CCCCC)COP(=O)([O-])OCC[N+](C)(C)C. The van der Waals surface area contributed by atoms with Gasteiger partial charge in [-0.25, -0.2) is 0 Å². The number of esters is 2. The highest BCUT2D eigenvalue weighted by Gasteiger charge is 2.39. The number of rotatable bonds is 40. The summed E-state index contributed by atoms with van der Waals surface area (Å²) in [5.74, 6) is -1.74. The monoisotopic (exact) mass is 886 g/mol. The van der Waals surface area contributed by atoms with Gasteiger partial charge in [0.25, 0.3) is 7.82 Å². The van der Waals surface area contributed by atoms with Crippen LogP contribution in [-0.2, 0) is 37.5 Å². The maximum atomic E-state index is 12.8. The van der Waals surface area contributed by atoms with E-state index in [4.69, 9.17) is 18.5 Å². The molecule has 0 radical (unpaired) electrons. The Kier molecular flexibility index (Phi) is 33.2. The highest BCUT2D eigenvalue weighted by Crippen LogP contribution is 2.38. The molecule has 12 nitrogen and oxygen atoms in total. The fourth-order valence-corrected chi connectivity index (χ4v) is 8.19. The molecular formula is C48H88NO11P. The molecule has 2 N–H and O–H groups in total. The van der Waals surface area contributed by atoms with Crippen molar-refractivity contribution in [1.82, 2.24) is 0 Å². The van der Waals surface area contributed by atoms with Gasteiger partial charge < -0.3 is 38.1 Å². The number of phosphoric acid groups is 1. The summed E-state index contributed by atoms with van der Waals surface area (Å²) < 4.78 is 33.9. The van der Waals surface area contributed by atoms with Crippen LogP contribution in [0.15, 0.2) is 24.3 Å². The lowest BCUT2D eigenvalue weighted by atomic mass is 9.90. The van der Waals surface area contributed by atoms with E-state index in [1.54, 1.807) is 12.2 Å². The third-order valence-corrected chi connectivity index (χ3v) is 12.3. The van der Waals surface area contributed by atoms with Gasteiger partial charge in [-0.15, -0.1) is 0 Å². The Labute approximate surface area is 370 Å². The molecule has 356 valence electrons. The van der Waals surface area contributed by atoms with Crippen molar-refractivity contribution in [2.75, 3.05) is 47.5 Å². The van der Waals surface area contributed by atoms with Crippen LogP contribution in [0.25, 0.3) is 0 Å². The zero-order chi connectivity index (χ0) is 45.2. The molecule has 0 amide bonds. The summed E-state index contributed by atoms with van der Waals surface area (Å²) in [5, 5.41) is 20.7. The number of ether oxygens (including phenoxy) is 2. The molecule has 0 bridgehead atoms. The molecule has 0 aromatic carbocycles. The van der Waals surface area contributed by atoms with E-state index in [9.17, 15) is 34.1 Å². The van der Waals surface area contributed by atoms with Crippen LogP contribution in [0.1, 0.15) is 187 Å². The zero-order valence-electron chi connectivity index (χ0n) is 39.1. The van der Waals surface area contributed by atoms with Gasteiger partial charge in [0.05, 0.1) is 40.0 Å². The van der Waals surface area contributed by atoms with E-state index < -0.39 is 44.7 Å². The number of allylic oxidation sites excluding steroid dienone is 2. The lowest BCUT2D eigenvalue weighted by molar-refractivity contribution is -0.870. The number of carbonyl (C=O) groups excluding carboxylic acids is 3.